The fraction of sp³-hybridized carbons (Fsp3) is 0.250. The van der Waals surface area contributed by atoms with Crippen LogP contribution in [0.3, 0.4) is 0 Å². The number of ether oxygens (including phenoxy) is 1. The molecule has 3 heteroatoms. The molecule has 0 aliphatic heterocycles. The van der Waals surface area contributed by atoms with Gasteiger partial charge >= 0.3 is 5.97 Å². The average Bonchev–Trinajstić information content (AvgIpc) is 2.18. The minimum atomic E-state index is -0.346. The Labute approximate surface area is 91.4 Å². The second kappa shape index (κ2) is 4.83. The van der Waals surface area contributed by atoms with Crippen LogP contribution in [0.5, 0.6) is 0 Å². The Hall–Kier alpha value is -1.51. The van der Waals surface area contributed by atoms with E-state index >= 15 is 0 Å². The molecule has 0 saturated carbocycles. The summed E-state index contributed by atoms with van der Waals surface area (Å²) in [6, 6.07) is 5.99. The van der Waals surface area contributed by atoms with Crippen LogP contribution >= 0.6 is 0 Å². The highest BCUT2D eigenvalue weighted by Gasteiger charge is 2.10. The molecule has 0 amide bonds. The fourth-order valence-corrected chi connectivity index (χ4v) is 1.37. The van der Waals surface area contributed by atoms with Crippen molar-refractivity contribution < 1.29 is 9.53 Å². The van der Waals surface area contributed by atoms with Gasteiger partial charge in [0.15, 0.2) is 0 Å². The highest BCUT2D eigenvalue weighted by Crippen LogP contribution is 2.17. The van der Waals surface area contributed by atoms with Crippen molar-refractivity contribution in [2.75, 3.05) is 0 Å². The van der Waals surface area contributed by atoms with E-state index in [4.69, 9.17) is 4.74 Å². The van der Waals surface area contributed by atoms with Crippen molar-refractivity contribution in [1.29, 1.82) is 0 Å². The lowest BCUT2D eigenvalue weighted by Crippen LogP contribution is -2.12. The zero-order chi connectivity index (χ0) is 11.4. The summed E-state index contributed by atoms with van der Waals surface area (Å²) in [6.45, 7) is 7.12. The summed E-state index contributed by atoms with van der Waals surface area (Å²) in [5.74, 6) is -0.293. The standard InChI is InChI=1S/C12H15BO2/c1-4-12(15-9(3)14)10-6-5-8(2)11(13)7-10/h4-7,12H,1,13H2,2-3H3. The Morgan fingerprint density at radius 2 is 2.27 bits per heavy atom. The van der Waals surface area contributed by atoms with Gasteiger partial charge in [0.1, 0.15) is 14.0 Å². The van der Waals surface area contributed by atoms with Gasteiger partial charge in [-0.3, -0.25) is 4.79 Å². The zero-order valence-electron chi connectivity index (χ0n) is 9.41. The molecule has 0 aromatic heterocycles. The molecule has 0 N–H and O–H groups in total. The molecule has 1 aromatic carbocycles. The summed E-state index contributed by atoms with van der Waals surface area (Å²) in [7, 11) is 2.03. The second-order valence-electron chi connectivity index (χ2n) is 3.61. The van der Waals surface area contributed by atoms with Gasteiger partial charge in [-0.05, 0) is 18.6 Å². The molecule has 1 atom stereocenters. The van der Waals surface area contributed by atoms with Gasteiger partial charge in [0.2, 0.25) is 0 Å². The van der Waals surface area contributed by atoms with Crippen LogP contribution in [0.15, 0.2) is 30.9 Å². The summed E-state index contributed by atoms with van der Waals surface area (Å²) in [5, 5.41) is 0. The summed E-state index contributed by atoms with van der Waals surface area (Å²) in [4.78, 5) is 10.9. The van der Waals surface area contributed by atoms with Crippen LogP contribution in [0.25, 0.3) is 0 Å². The number of carbonyl (C=O) groups excluding carboxylic acids is 1. The molecule has 0 spiro atoms. The minimum Gasteiger partial charge on any atom is -0.453 e. The van der Waals surface area contributed by atoms with Crippen LogP contribution in [0.1, 0.15) is 24.2 Å². The third kappa shape index (κ3) is 2.98. The normalized spacial score (nSPS) is 11.9. The molecule has 1 aromatic rings. The molecule has 0 saturated heterocycles. The molecule has 2 nitrogen and oxygen atoms in total. The third-order valence-corrected chi connectivity index (χ3v) is 2.37. The van der Waals surface area contributed by atoms with Crippen LogP contribution in [-0.4, -0.2) is 13.8 Å². The first-order valence-electron chi connectivity index (χ1n) is 4.91. The molecule has 78 valence electrons. The Morgan fingerprint density at radius 3 is 2.73 bits per heavy atom. The van der Waals surface area contributed by atoms with Crippen molar-refractivity contribution in [2.24, 2.45) is 0 Å². The molecule has 0 fully saturated rings. The number of carbonyl (C=O) groups is 1. The van der Waals surface area contributed by atoms with Gasteiger partial charge in [0.05, 0.1) is 0 Å². The molecule has 0 aliphatic rings. The van der Waals surface area contributed by atoms with Crippen LogP contribution in [-0.2, 0) is 9.53 Å². The number of esters is 1. The van der Waals surface area contributed by atoms with Gasteiger partial charge < -0.3 is 4.74 Å². The summed E-state index contributed by atoms with van der Waals surface area (Å²) in [6.07, 6.45) is 1.28. The van der Waals surface area contributed by atoms with E-state index in [1.54, 1.807) is 6.08 Å². The summed E-state index contributed by atoms with van der Waals surface area (Å²) in [5.41, 5.74) is 3.37. The van der Waals surface area contributed by atoms with E-state index in [-0.39, 0.29) is 12.1 Å². The van der Waals surface area contributed by atoms with Gasteiger partial charge in [-0.2, -0.15) is 0 Å². The smallest absolute Gasteiger partial charge is 0.303 e. The lowest BCUT2D eigenvalue weighted by molar-refractivity contribution is -0.144. The topological polar surface area (TPSA) is 26.3 Å². The first kappa shape index (κ1) is 11.6. The largest absolute Gasteiger partial charge is 0.453 e. The maximum Gasteiger partial charge on any atom is 0.303 e. The zero-order valence-corrected chi connectivity index (χ0v) is 9.41. The monoisotopic (exact) mass is 202 g/mol. The molecule has 0 heterocycles. The number of hydrogen-bond donors (Lipinski definition) is 0. The van der Waals surface area contributed by atoms with E-state index in [2.05, 4.69) is 6.58 Å². The quantitative estimate of drug-likeness (QED) is 0.416. The van der Waals surface area contributed by atoms with Gasteiger partial charge in [0, 0.05) is 6.92 Å². The van der Waals surface area contributed by atoms with E-state index in [0.717, 1.165) is 5.56 Å². The van der Waals surface area contributed by atoms with Crippen molar-refractivity contribution in [3.63, 3.8) is 0 Å². The Kier molecular flexibility index (Phi) is 3.72. The first-order valence-corrected chi connectivity index (χ1v) is 4.91. The third-order valence-electron chi connectivity index (χ3n) is 2.37. The molecular weight excluding hydrogens is 187 g/mol. The maximum absolute atomic E-state index is 10.9. The van der Waals surface area contributed by atoms with E-state index in [0.29, 0.717) is 0 Å². The molecule has 0 bridgehead atoms. The molecule has 0 radical (unpaired) electrons. The van der Waals surface area contributed by atoms with Crippen molar-refractivity contribution in [2.45, 2.75) is 20.0 Å². The number of rotatable bonds is 3. The van der Waals surface area contributed by atoms with E-state index in [9.17, 15) is 4.79 Å². The fourth-order valence-electron chi connectivity index (χ4n) is 1.37. The molecule has 15 heavy (non-hydrogen) atoms. The second-order valence-corrected chi connectivity index (χ2v) is 3.61. The lowest BCUT2D eigenvalue weighted by atomic mass is 9.88. The number of hydrogen-bond acceptors (Lipinski definition) is 2. The van der Waals surface area contributed by atoms with Crippen LogP contribution in [0, 0.1) is 6.92 Å². The first-order chi connectivity index (χ1) is 7.04. The summed E-state index contributed by atoms with van der Waals surface area (Å²) < 4.78 is 5.12. The van der Waals surface area contributed by atoms with Crippen molar-refractivity contribution in [3.8, 4) is 0 Å². The van der Waals surface area contributed by atoms with Crippen LogP contribution in [0.2, 0.25) is 0 Å². The SMILES string of the molecule is Bc1cc(C(C=C)OC(C)=O)ccc1C. The van der Waals surface area contributed by atoms with Crippen LogP contribution < -0.4 is 5.46 Å². The van der Waals surface area contributed by atoms with Gasteiger partial charge in [-0.25, -0.2) is 0 Å². The minimum absolute atomic E-state index is 0.293. The van der Waals surface area contributed by atoms with Crippen molar-refractivity contribution in [3.05, 3.63) is 42.0 Å². The maximum atomic E-state index is 10.9. The highest BCUT2D eigenvalue weighted by atomic mass is 16.5. The molecule has 0 aliphatic carbocycles. The molecular formula is C12H15BO2. The Morgan fingerprint density at radius 1 is 1.60 bits per heavy atom. The van der Waals surface area contributed by atoms with Crippen molar-refractivity contribution >= 4 is 19.3 Å². The van der Waals surface area contributed by atoms with Crippen LogP contribution in [0.4, 0.5) is 0 Å². The Bertz CT molecular complexity index is 385. The average molecular weight is 202 g/mol. The van der Waals surface area contributed by atoms with E-state index < -0.39 is 0 Å². The predicted molar refractivity (Wildman–Crippen MR) is 64.1 cm³/mol. The Balaban J connectivity index is 2.97. The van der Waals surface area contributed by atoms with E-state index in [1.165, 1.54) is 17.9 Å². The van der Waals surface area contributed by atoms with Gasteiger partial charge in [-0.1, -0.05) is 35.8 Å². The predicted octanol–water partition coefficient (Wildman–Crippen LogP) is 1.04. The summed E-state index contributed by atoms with van der Waals surface area (Å²) >= 11 is 0. The number of benzene rings is 1. The lowest BCUT2D eigenvalue weighted by Gasteiger charge is -2.14. The van der Waals surface area contributed by atoms with E-state index in [1.807, 2.05) is 33.0 Å². The van der Waals surface area contributed by atoms with Gasteiger partial charge in [-0.15, -0.1) is 0 Å². The number of aryl methyl sites for hydroxylation is 1. The molecule has 1 unspecified atom stereocenters. The molecule has 1 rings (SSSR count). The highest BCUT2D eigenvalue weighted by molar-refractivity contribution is 6.33. The van der Waals surface area contributed by atoms with Gasteiger partial charge in [0.25, 0.3) is 0 Å². The van der Waals surface area contributed by atoms with Crippen molar-refractivity contribution in [1.82, 2.24) is 0 Å².